The third kappa shape index (κ3) is 3.28. The summed E-state index contributed by atoms with van der Waals surface area (Å²) >= 11 is 3.43. The summed E-state index contributed by atoms with van der Waals surface area (Å²) in [5.74, 6) is 0.629. The molecule has 0 amide bonds. The largest absolute Gasteiger partial charge is 0.393 e. The lowest BCUT2D eigenvalue weighted by atomic mass is 9.83. The molecule has 1 aliphatic rings. The Morgan fingerprint density at radius 3 is 3.00 bits per heavy atom. The Labute approximate surface area is 98.9 Å². The van der Waals surface area contributed by atoms with Gasteiger partial charge in [-0.2, -0.15) is 0 Å². The second-order valence-corrected chi connectivity index (χ2v) is 5.32. The lowest BCUT2D eigenvalue weighted by Crippen LogP contribution is -2.21. The first-order valence-electron chi connectivity index (χ1n) is 5.51. The topological polar surface area (TPSA) is 33.1 Å². The van der Waals surface area contributed by atoms with Crippen molar-refractivity contribution in [3.63, 3.8) is 0 Å². The molecule has 1 fully saturated rings. The van der Waals surface area contributed by atoms with E-state index in [1.54, 1.807) is 6.20 Å². The van der Waals surface area contributed by atoms with Gasteiger partial charge in [-0.05, 0) is 59.2 Å². The van der Waals surface area contributed by atoms with Crippen molar-refractivity contribution in [3.05, 3.63) is 28.5 Å². The van der Waals surface area contributed by atoms with E-state index < -0.39 is 0 Å². The van der Waals surface area contributed by atoms with Crippen molar-refractivity contribution in [2.75, 3.05) is 0 Å². The molecule has 0 spiro atoms. The van der Waals surface area contributed by atoms with Crippen LogP contribution in [0.15, 0.2) is 22.9 Å². The van der Waals surface area contributed by atoms with Gasteiger partial charge in [-0.15, -0.1) is 0 Å². The minimum atomic E-state index is -0.0798. The van der Waals surface area contributed by atoms with Gasteiger partial charge < -0.3 is 5.11 Å². The van der Waals surface area contributed by atoms with Gasteiger partial charge in [0.15, 0.2) is 0 Å². The van der Waals surface area contributed by atoms with Gasteiger partial charge in [0.25, 0.3) is 0 Å². The number of rotatable bonds is 2. The van der Waals surface area contributed by atoms with Crippen LogP contribution in [-0.2, 0) is 6.42 Å². The van der Waals surface area contributed by atoms with E-state index in [9.17, 15) is 5.11 Å². The van der Waals surface area contributed by atoms with E-state index in [-0.39, 0.29) is 6.10 Å². The van der Waals surface area contributed by atoms with E-state index in [1.165, 1.54) is 12.0 Å². The number of hydrogen-bond acceptors (Lipinski definition) is 2. The molecule has 1 saturated carbocycles. The fourth-order valence-corrected chi connectivity index (χ4v) is 2.76. The highest BCUT2D eigenvalue weighted by Gasteiger charge is 2.20. The number of aliphatic hydroxyl groups is 1. The van der Waals surface area contributed by atoms with Gasteiger partial charge in [0.1, 0.15) is 0 Å². The van der Waals surface area contributed by atoms with E-state index in [0.29, 0.717) is 5.92 Å². The lowest BCUT2D eigenvalue weighted by Gasteiger charge is -2.25. The molecular formula is C12H16BrNO. The van der Waals surface area contributed by atoms with Crippen LogP contribution in [-0.4, -0.2) is 16.2 Å². The summed E-state index contributed by atoms with van der Waals surface area (Å²) in [5, 5.41) is 9.59. The highest BCUT2D eigenvalue weighted by Crippen LogP contribution is 2.27. The monoisotopic (exact) mass is 269 g/mol. The molecule has 0 radical (unpaired) electrons. The zero-order valence-corrected chi connectivity index (χ0v) is 10.3. The van der Waals surface area contributed by atoms with Gasteiger partial charge in [0.2, 0.25) is 0 Å². The Hall–Kier alpha value is -0.410. The van der Waals surface area contributed by atoms with Gasteiger partial charge in [-0.3, -0.25) is 4.98 Å². The second-order valence-electron chi connectivity index (χ2n) is 4.40. The molecule has 1 N–H and O–H groups in total. The van der Waals surface area contributed by atoms with Crippen LogP contribution >= 0.6 is 15.9 Å². The number of nitrogens with zero attached hydrogens (tertiary/aromatic N) is 1. The van der Waals surface area contributed by atoms with Crippen molar-refractivity contribution in [3.8, 4) is 0 Å². The van der Waals surface area contributed by atoms with Crippen molar-refractivity contribution < 1.29 is 5.11 Å². The molecule has 2 unspecified atom stereocenters. The summed E-state index contributed by atoms with van der Waals surface area (Å²) in [7, 11) is 0. The van der Waals surface area contributed by atoms with E-state index in [4.69, 9.17) is 0 Å². The molecule has 1 aromatic rings. The average Bonchev–Trinajstić information content (AvgIpc) is 2.17. The Balaban J connectivity index is 1.96. The molecule has 0 bridgehead atoms. The van der Waals surface area contributed by atoms with Crippen molar-refractivity contribution >= 4 is 15.9 Å². The molecule has 15 heavy (non-hydrogen) atoms. The highest BCUT2D eigenvalue weighted by atomic mass is 79.9. The van der Waals surface area contributed by atoms with E-state index in [2.05, 4.69) is 27.0 Å². The maximum Gasteiger partial charge on any atom is 0.0543 e. The summed E-state index contributed by atoms with van der Waals surface area (Å²) in [6.07, 6.45) is 9.02. The molecule has 2 atom stereocenters. The Morgan fingerprint density at radius 2 is 2.27 bits per heavy atom. The second kappa shape index (κ2) is 5.08. The summed E-state index contributed by atoms with van der Waals surface area (Å²) in [6.45, 7) is 0. The molecule has 2 nitrogen and oxygen atoms in total. The quantitative estimate of drug-likeness (QED) is 0.896. The number of aliphatic hydroxyl groups excluding tert-OH is 1. The molecule has 0 saturated heterocycles. The van der Waals surface area contributed by atoms with Gasteiger partial charge in [0, 0.05) is 16.9 Å². The van der Waals surface area contributed by atoms with Crippen LogP contribution in [0.4, 0.5) is 0 Å². The third-order valence-corrected chi connectivity index (χ3v) is 3.47. The molecule has 1 aromatic heterocycles. The molecule has 1 heterocycles. The van der Waals surface area contributed by atoms with E-state index >= 15 is 0 Å². The predicted octanol–water partition coefficient (Wildman–Crippen LogP) is 2.94. The fourth-order valence-electron chi connectivity index (χ4n) is 2.35. The minimum Gasteiger partial charge on any atom is -0.393 e. The Bertz CT molecular complexity index is 329. The standard InChI is InChI=1S/C12H16BrNO/c13-11-5-10(7-14-8-11)4-9-2-1-3-12(15)6-9/h5,7-9,12,15H,1-4,6H2. The van der Waals surface area contributed by atoms with Crippen LogP contribution in [0.25, 0.3) is 0 Å². The summed E-state index contributed by atoms with van der Waals surface area (Å²) < 4.78 is 1.04. The fraction of sp³-hybridized carbons (Fsp3) is 0.583. The molecule has 2 rings (SSSR count). The van der Waals surface area contributed by atoms with Crippen LogP contribution in [0.3, 0.4) is 0 Å². The van der Waals surface area contributed by atoms with Gasteiger partial charge in [-0.1, -0.05) is 6.42 Å². The molecule has 0 aromatic carbocycles. The SMILES string of the molecule is OC1CCCC(Cc2cncc(Br)c2)C1. The lowest BCUT2D eigenvalue weighted by molar-refractivity contribution is 0.101. The maximum atomic E-state index is 9.59. The highest BCUT2D eigenvalue weighted by molar-refractivity contribution is 9.10. The number of aromatic nitrogens is 1. The van der Waals surface area contributed by atoms with Crippen LogP contribution in [0.2, 0.25) is 0 Å². The van der Waals surface area contributed by atoms with E-state index in [0.717, 1.165) is 30.2 Å². The third-order valence-electron chi connectivity index (χ3n) is 3.04. The van der Waals surface area contributed by atoms with Crippen LogP contribution in [0, 0.1) is 5.92 Å². The van der Waals surface area contributed by atoms with Crippen LogP contribution < -0.4 is 0 Å². The molecule has 3 heteroatoms. The van der Waals surface area contributed by atoms with Crippen molar-refractivity contribution in [1.82, 2.24) is 4.98 Å². The van der Waals surface area contributed by atoms with Gasteiger partial charge in [0.05, 0.1) is 6.10 Å². The van der Waals surface area contributed by atoms with Gasteiger partial charge in [-0.25, -0.2) is 0 Å². The van der Waals surface area contributed by atoms with Crippen molar-refractivity contribution in [1.29, 1.82) is 0 Å². The minimum absolute atomic E-state index is 0.0798. The Kier molecular flexibility index (Phi) is 3.76. The molecule has 0 aliphatic heterocycles. The van der Waals surface area contributed by atoms with Crippen molar-refractivity contribution in [2.24, 2.45) is 5.92 Å². The average molecular weight is 270 g/mol. The number of pyridine rings is 1. The number of halogens is 1. The first-order chi connectivity index (χ1) is 7.24. The number of hydrogen-bond donors (Lipinski definition) is 1. The Morgan fingerprint density at radius 1 is 1.40 bits per heavy atom. The first-order valence-corrected chi connectivity index (χ1v) is 6.31. The van der Waals surface area contributed by atoms with Crippen LogP contribution in [0.1, 0.15) is 31.2 Å². The molecule has 82 valence electrons. The molecular weight excluding hydrogens is 254 g/mol. The predicted molar refractivity (Wildman–Crippen MR) is 63.6 cm³/mol. The zero-order chi connectivity index (χ0) is 10.7. The molecule has 1 aliphatic carbocycles. The normalized spacial score (nSPS) is 26.5. The van der Waals surface area contributed by atoms with Crippen LogP contribution in [0.5, 0.6) is 0 Å². The van der Waals surface area contributed by atoms with Crippen molar-refractivity contribution in [2.45, 2.75) is 38.2 Å². The zero-order valence-electron chi connectivity index (χ0n) is 8.69. The summed E-state index contributed by atoms with van der Waals surface area (Å²) in [6, 6.07) is 2.12. The summed E-state index contributed by atoms with van der Waals surface area (Å²) in [5.41, 5.74) is 1.27. The smallest absolute Gasteiger partial charge is 0.0543 e. The van der Waals surface area contributed by atoms with Gasteiger partial charge >= 0.3 is 0 Å². The van der Waals surface area contributed by atoms with E-state index in [1.807, 2.05) is 6.20 Å². The first kappa shape index (κ1) is 11.1. The summed E-state index contributed by atoms with van der Waals surface area (Å²) in [4.78, 5) is 4.16. The maximum absolute atomic E-state index is 9.59.